The van der Waals surface area contributed by atoms with Gasteiger partial charge in [-0.1, -0.05) is 6.42 Å². The average molecular weight is 254 g/mol. The van der Waals surface area contributed by atoms with Gasteiger partial charge in [-0.25, -0.2) is 0 Å². The van der Waals surface area contributed by atoms with Gasteiger partial charge in [-0.3, -0.25) is 4.79 Å². The first-order valence-electron chi connectivity index (χ1n) is 7.17. The van der Waals surface area contributed by atoms with Crippen molar-refractivity contribution in [1.82, 2.24) is 4.90 Å². The Hall–Kier alpha value is -0.610. The van der Waals surface area contributed by atoms with Gasteiger partial charge in [-0.2, -0.15) is 0 Å². The highest BCUT2D eigenvalue weighted by molar-refractivity contribution is 5.76. The highest BCUT2D eigenvalue weighted by Crippen LogP contribution is 2.43. The number of carbonyl (C=O) groups is 1. The third kappa shape index (κ3) is 3.69. The maximum absolute atomic E-state index is 12.1. The van der Waals surface area contributed by atoms with Gasteiger partial charge >= 0.3 is 0 Å². The number of hydrogen-bond donors (Lipinski definition) is 1. The van der Waals surface area contributed by atoms with Crippen LogP contribution in [0.5, 0.6) is 0 Å². The molecule has 0 heterocycles. The fraction of sp³-hybridized carbons (Fsp3) is 0.929. The van der Waals surface area contributed by atoms with Crippen molar-refractivity contribution in [3.05, 3.63) is 0 Å². The van der Waals surface area contributed by atoms with Crippen LogP contribution in [0.2, 0.25) is 0 Å². The van der Waals surface area contributed by atoms with Gasteiger partial charge in [0.05, 0.1) is 6.61 Å². The van der Waals surface area contributed by atoms with Gasteiger partial charge in [0.15, 0.2) is 0 Å². The predicted octanol–water partition coefficient (Wildman–Crippen LogP) is 1.39. The summed E-state index contributed by atoms with van der Waals surface area (Å²) in [4.78, 5) is 13.9. The molecule has 4 heteroatoms. The van der Waals surface area contributed by atoms with Gasteiger partial charge in [0.1, 0.15) is 0 Å². The quantitative estimate of drug-likeness (QED) is 0.666. The Morgan fingerprint density at radius 3 is 2.67 bits per heavy atom. The van der Waals surface area contributed by atoms with Crippen LogP contribution in [-0.2, 0) is 9.53 Å². The topological polar surface area (TPSA) is 55.6 Å². The van der Waals surface area contributed by atoms with Crippen LogP contribution < -0.4 is 5.73 Å². The molecule has 0 aliphatic heterocycles. The van der Waals surface area contributed by atoms with E-state index in [1.165, 1.54) is 19.3 Å². The molecule has 0 atom stereocenters. The minimum Gasteiger partial charge on any atom is -0.379 e. The first kappa shape index (κ1) is 13.8. The van der Waals surface area contributed by atoms with Crippen LogP contribution in [0.4, 0.5) is 0 Å². The zero-order valence-electron chi connectivity index (χ0n) is 11.5. The van der Waals surface area contributed by atoms with Gasteiger partial charge in [0, 0.05) is 26.6 Å². The molecule has 0 aromatic heterocycles. The van der Waals surface area contributed by atoms with Crippen molar-refractivity contribution < 1.29 is 9.53 Å². The van der Waals surface area contributed by atoms with Crippen molar-refractivity contribution in [2.45, 2.75) is 38.5 Å². The molecule has 0 saturated heterocycles. The van der Waals surface area contributed by atoms with Crippen LogP contribution >= 0.6 is 0 Å². The SMILES string of the molecule is CN(CCOCC1CC1)C(=O)CC1(CN)CCC1. The van der Waals surface area contributed by atoms with Crippen molar-refractivity contribution >= 4 is 5.91 Å². The fourth-order valence-electron chi connectivity index (χ4n) is 2.45. The number of amides is 1. The Bertz CT molecular complexity index is 280. The average Bonchev–Trinajstić information content (AvgIpc) is 3.12. The van der Waals surface area contributed by atoms with E-state index in [4.69, 9.17) is 10.5 Å². The van der Waals surface area contributed by atoms with Crippen LogP contribution in [0.1, 0.15) is 38.5 Å². The van der Waals surface area contributed by atoms with Crippen molar-refractivity contribution in [1.29, 1.82) is 0 Å². The monoisotopic (exact) mass is 254 g/mol. The number of likely N-dealkylation sites (N-methyl/N-ethyl adjacent to an activating group) is 1. The molecular weight excluding hydrogens is 228 g/mol. The summed E-state index contributed by atoms with van der Waals surface area (Å²) in [6.07, 6.45) is 6.69. The van der Waals surface area contributed by atoms with E-state index in [1.54, 1.807) is 4.90 Å². The van der Waals surface area contributed by atoms with E-state index < -0.39 is 0 Å². The van der Waals surface area contributed by atoms with Crippen molar-refractivity contribution in [2.75, 3.05) is 33.4 Å². The van der Waals surface area contributed by atoms with Gasteiger partial charge in [0.25, 0.3) is 0 Å². The number of ether oxygens (including phenoxy) is 1. The van der Waals surface area contributed by atoms with Crippen molar-refractivity contribution in [2.24, 2.45) is 17.1 Å². The van der Waals surface area contributed by atoms with Gasteiger partial charge in [-0.05, 0) is 43.6 Å². The molecule has 4 nitrogen and oxygen atoms in total. The summed E-state index contributed by atoms with van der Waals surface area (Å²) in [6, 6.07) is 0. The smallest absolute Gasteiger partial charge is 0.222 e. The highest BCUT2D eigenvalue weighted by Gasteiger charge is 2.38. The second-order valence-electron chi connectivity index (χ2n) is 6.07. The Morgan fingerprint density at radius 1 is 1.44 bits per heavy atom. The van der Waals surface area contributed by atoms with E-state index >= 15 is 0 Å². The lowest BCUT2D eigenvalue weighted by Gasteiger charge is -2.41. The lowest BCUT2D eigenvalue weighted by molar-refractivity contribution is -0.134. The Kier molecular flexibility index (Phi) is 4.62. The maximum atomic E-state index is 12.1. The molecule has 0 aromatic rings. The predicted molar refractivity (Wildman–Crippen MR) is 71.1 cm³/mol. The van der Waals surface area contributed by atoms with E-state index in [-0.39, 0.29) is 11.3 Å². The van der Waals surface area contributed by atoms with Crippen molar-refractivity contribution in [3.63, 3.8) is 0 Å². The maximum Gasteiger partial charge on any atom is 0.222 e. The lowest BCUT2D eigenvalue weighted by Crippen LogP contribution is -2.43. The van der Waals surface area contributed by atoms with Crippen LogP contribution in [-0.4, -0.2) is 44.2 Å². The van der Waals surface area contributed by atoms with Gasteiger partial charge < -0.3 is 15.4 Å². The van der Waals surface area contributed by atoms with Crippen LogP contribution in [0.15, 0.2) is 0 Å². The van der Waals surface area contributed by atoms with Gasteiger partial charge in [0.2, 0.25) is 5.91 Å². The number of carbonyl (C=O) groups excluding carboxylic acids is 1. The number of hydrogen-bond acceptors (Lipinski definition) is 3. The molecule has 2 rings (SSSR count). The highest BCUT2D eigenvalue weighted by atomic mass is 16.5. The first-order valence-corrected chi connectivity index (χ1v) is 7.17. The van der Waals surface area contributed by atoms with Crippen LogP contribution in [0, 0.1) is 11.3 Å². The molecular formula is C14H26N2O2. The molecule has 2 aliphatic rings. The minimum absolute atomic E-state index is 0.111. The summed E-state index contributed by atoms with van der Waals surface area (Å²) in [7, 11) is 1.87. The second kappa shape index (κ2) is 6.02. The Balaban J connectivity index is 1.61. The minimum atomic E-state index is 0.111. The molecule has 2 N–H and O–H groups in total. The molecule has 18 heavy (non-hydrogen) atoms. The zero-order valence-corrected chi connectivity index (χ0v) is 11.5. The summed E-state index contributed by atoms with van der Waals surface area (Å²) >= 11 is 0. The Morgan fingerprint density at radius 2 is 2.17 bits per heavy atom. The molecule has 2 aliphatic carbocycles. The normalized spacial score (nSPS) is 21.4. The number of nitrogens with zero attached hydrogens (tertiary/aromatic N) is 1. The summed E-state index contributed by atoms with van der Waals surface area (Å²) in [5.74, 6) is 1.01. The molecule has 0 spiro atoms. The molecule has 1 amide bonds. The third-order valence-corrected chi connectivity index (χ3v) is 4.42. The van der Waals surface area contributed by atoms with E-state index in [0.29, 0.717) is 26.1 Å². The molecule has 104 valence electrons. The Labute approximate surface area is 110 Å². The third-order valence-electron chi connectivity index (χ3n) is 4.42. The zero-order chi connectivity index (χ0) is 13.0. The van der Waals surface area contributed by atoms with Gasteiger partial charge in [-0.15, -0.1) is 0 Å². The van der Waals surface area contributed by atoms with E-state index in [0.717, 1.165) is 25.4 Å². The summed E-state index contributed by atoms with van der Waals surface area (Å²) in [5.41, 5.74) is 5.90. The van der Waals surface area contributed by atoms with E-state index in [1.807, 2.05) is 7.05 Å². The number of rotatable bonds is 8. The standard InChI is InChI=1S/C14H26N2O2/c1-16(7-8-18-10-12-3-4-12)13(17)9-14(11-15)5-2-6-14/h12H,2-11,15H2,1H3. The molecule has 2 fully saturated rings. The molecule has 0 radical (unpaired) electrons. The lowest BCUT2D eigenvalue weighted by atomic mass is 9.66. The second-order valence-corrected chi connectivity index (χ2v) is 6.07. The summed E-state index contributed by atoms with van der Waals surface area (Å²) < 4.78 is 5.56. The van der Waals surface area contributed by atoms with E-state index in [9.17, 15) is 4.79 Å². The largest absolute Gasteiger partial charge is 0.379 e. The molecule has 0 bridgehead atoms. The van der Waals surface area contributed by atoms with Crippen LogP contribution in [0.25, 0.3) is 0 Å². The molecule has 0 aromatic carbocycles. The number of nitrogens with two attached hydrogens (primary N) is 1. The van der Waals surface area contributed by atoms with Crippen LogP contribution in [0.3, 0.4) is 0 Å². The first-order chi connectivity index (χ1) is 8.65. The summed E-state index contributed by atoms with van der Waals surface area (Å²) in [6.45, 7) is 2.88. The van der Waals surface area contributed by atoms with E-state index in [2.05, 4.69) is 0 Å². The fourth-order valence-corrected chi connectivity index (χ4v) is 2.45. The summed E-state index contributed by atoms with van der Waals surface area (Å²) in [5, 5.41) is 0. The molecule has 2 saturated carbocycles. The molecule has 0 unspecified atom stereocenters. The van der Waals surface area contributed by atoms with Crippen molar-refractivity contribution in [3.8, 4) is 0 Å².